The summed E-state index contributed by atoms with van der Waals surface area (Å²) in [5, 5.41) is 0. The molecule has 0 aliphatic carbocycles. The molecule has 60 valence electrons. The molecule has 0 rings (SSSR count). The van der Waals surface area contributed by atoms with Crippen molar-refractivity contribution in [3.63, 3.8) is 0 Å². The molecule has 0 atom stereocenters. The normalized spacial score (nSPS) is 7.50. The van der Waals surface area contributed by atoms with Crippen molar-refractivity contribution >= 4 is 5.91 Å². The Morgan fingerprint density at radius 2 is 1.60 bits per heavy atom. The topological polar surface area (TPSA) is 43.1 Å². The van der Waals surface area contributed by atoms with Crippen LogP contribution in [0.2, 0.25) is 0 Å². The first-order chi connectivity index (χ1) is 4.56. The summed E-state index contributed by atoms with van der Waals surface area (Å²) < 4.78 is 0. The number of carbonyl (C=O) groups excluding carboxylic acids is 1. The molecule has 0 aromatic carbocycles. The summed E-state index contributed by atoms with van der Waals surface area (Å²) in [6, 6.07) is 0. The number of hydrogen-bond acceptors (Lipinski definition) is 1. The van der Waals surface area contributed by atoms with E-state index in [1.807, 2.05) is 0 Å². The van der Waals surface area contributed by atoms with Crippen LogP contribution in [0.25, 0.3) is 0 Å². The highest BCUT2D eigenvalue weighted by Crippen LogP contribution is 1.78. The van der Waals surface area contributed by atoms with Gasteiger partial charge in [0.15, 0.2) is 0 Å². The van der Waals surface area contributed by atoms with Crippen molar-refractivity contribution in [1.29, 1.82) is 0 Å². The minimum Gasteiger partial charge on any atom is -0.366 e. The van der Waals surface area contributed by atoms with Gasteiger partial charge in [0.25, 0.3) is 0 Å². The van der Waals surface area contributed by atoms with Gasteiger partial charge in [0.1, 0.15) is 0 Å². The molecule has 0 saturated heterocycles. The molecule has 0 saturated carbocycles. The molecule has 0 unspecified atom stereocenters. The monoisotopic (exact) mass is 143 g/mol. The molecule has 0 fully saturated rings. The number of amides is 1. The number of carbonyl (C=O) groups is 1. The fourth-order valence-corrected chi connectivity index (χ4v) is 0. The minimum atomic E-state index is -0.435. The quantitative estimate of drug-likeness (QED) is 0.589. The van der Waals surface area contributed by atoms with Crippen LogP contribution >= 0.6 is 0 Å². The number of nitrogens with two attached hydrogens (primary N) is 1. The van der Waals surface area contributed by atoms with Crippen LogP contribution in [0.15, 0.2) is 12.2 Å². The predicted octanol–water partition coefficient (Wildman–Crippen LogP) is 1.85. The highest BCUT2D eigenvalue weighted by Gasteiger charge is 1.86. The van der Waals surface area contributed by atoms with Gasteiger partial charge in [0.2, 0.25) is 5.91 Å². The second-order valence-corrected chi connectivity index (χ2v) is 2.14. The Kier molecular flexibility index (Phi) is 9.80. The van der Waals surface area contributed by atoms with Crippen molar-refractivity contribution < 1.29 is 4.79 Å². The van der Waals surface area contributed by atoms with E-state index in [2.05, 4.69) is 20.4 Å². The average Bonchev–Trinajstić information content (AvgIpc) is 1.89. The van der Waals surface area contributed by atoms with Gasteiger partial charge in [0, 0.05) is 5.57 Å². The smallest absolute Gasteiger partial charge is 0.243 e. The summed E-state index contributed by atoms with van der Waals surface area (Å²) in [6.45, 7) is 9.21. The van der Waals surface area contributed by atoms with E-state index in [0.29, 0.717) is 5.57 Å². The summed E-state index contributed by atoms with van der Waals surface area (Å²) in [5.41, 5.74) is 5.09. The highest BCUT2D eigenvalue weighted by atomic mass is 16.1. The molecule has 10 heavy (non-hydrogen) atoms. The first-order valence-electron chi connectivity index (χ1n) is 3.51. The van der Waals surface area contributed by atoms with E-state index >= 15 is 0 Å². The highest BCUT2D eigenvalue weighted by molar-refractivity contribution is 5.90. The lowest BCUT2D eigenvalue weighted by Gasteiger charge is -1.81. The van der Waals surface area contributed by atoms with Gasteiger partial charge in [0.05, 0.1) is 0 Å². The van der Waals surface area contributed by atoms with Crippen molar-refractivity contribution in [1.82, 2.24) is 0 Å². The van der Waals surface area contributed by atoms with Gasteiger partial charge in [-0.05, 0) is 6.92 Å². The van der Waals surface area contributed by atoms with Crippen molar-refractivity contribution in [2.75, 3.05) is 0 Å². The van der Waals surface area contributed by atoms with E-state index in [1.165, 1.54) is 12.8 Å². The lowest BCUT2D eigenvalue weighted by atomic mass is 10.3. The van der Waals surface area contributed by atoms with Gasteiger partial charge in [-0.2, -0.15) is 0 Å². The Morgan fingerprint density at radius 3 is 1.60 bits per heavy atom. The molecule has 2 heteroatoms. The van der Waals surface area contributed by atoms with Crippen molar-refractivity contribution in [2.24, 2.45) is 5.73 Å². The summed E-state index contributed by atoms with van der Waals surface area (Å²) in [5.74, 6) is -0.435. The molecule has 0 aliphatic heterocycles. The van der Waals surface area contributed by atoms with Gasteiger partial charge >= 0.3 is 0 Å². The van der Waals surface area contributed by atoms with E-state index in [4.69, 9.17) is 5.73 Å². The van der Waals surface area contributed by atoms with E-state index in [9.17, 15) is 4.79 Å². The summed E-state index contributed by atoms with van der Waals surface area (Å²) in [7, 11) is 0. The van der Waals surface area contributed by atoms with Gasteiger partial charge in [-0.1, -0.05) is 33.3 Å². The Hall–Kier alpha value is -0.790. The van der Waals surface area contributed by atoms with Crippen LogP contribution in [-0.4, -0.2) is 5.91 Å². The van der Waals surface area contributed by atoms with Crippen LogP contribution in [0, 0.1) is 0 Å². The fourth-order valence-electron chi connectivity index (χ4n) is 0. The van der Waals surface area contributed by atoms with E-state index in [1.54, 1.807) is 6.92 Å². The third-order valence-corrected chi connectivity index (χ3v) is 0.921. The van der Waals surface area contributed by atoms with Crippen LogP contribution in [-0.2, 0) is 4.79 Å². The molecule has 0 aliphatic rings. The van der Waals surface area contributed by atoms with Crippen LogP contribution in [0.4, 0.5) is 0 Å². The van der Waals surface area contributed by atoms with E-state index < -0.39 is 5.91 Å². The second kappa shape index (κ2) is 8.21. The standard InChI is InChI=1S/C4H7NO.C4H10/c1-3(2)4(5)6;1-3-4-2/h1H2,2H3,(H2,5,6);3-4H2,1-2H3. The molecule has 0 radical (unpaired) electrons. The van der Waals surface area contributed by atoms with Gasteiger partial charge in [-0.25, -0.2) is 0 Å². The number of rotatable bonds is 2. The van der Waals surface area contributed by atoms with E-state index in [-0.39, 0.29) is 0 Å². The zero-order valence-electron chi connectivity index (χ0n) is 7.11. The summed E-state index contributed by atoms with van der Waals surface area (Å²) in [6.07, 6.45) is 2.64. The van der Waals surface area contributed by atoms with Crippen molar-refractivity contribution in [3.05, 3.63) is 12.2 Å². The number of hydrogen-bond donors (Lipinski definition) is 1. The average molecular weight is 143 g/mol. The summed E-state index contributed by atoms with van der Waals surface area (Å²) >= 11 is 0. The maximum atomic E-state index is 9.82. The molecule has 2 N–H and O–H groups in total. The first-order valence-corrected chi connectivity index (χ1v) is 3.51. The lowest BCUT2D eigenvalue weighted by Crippen LogP contribution is -2.10. The Balaban J connectivity index is 0. The molecule has 0 spiro atoms. The Morgan fingerprint density at radius 1 is 1.40 bits per heavy atom. The zero-order chi connectivity index (χ0) is 8.57. The Labute approximate surface area is 63.1 Å². The summed E-state index contributed by atoms with van der Waals surface area (Å²) in [4.78, 5) is 9.82. The molecule has 1 amide bonds. The predicted molar refractivity (Wildman–Crippen MR) is 44.6 cm³/mol. The second-order valence-electron chi connectivity index (χ2n) is 2.14. The number of unbranched alkanes of at least 4 members (excludes halogenated alkanes) is 1. The Bertz CT molecular complexity index is 93.8. The molecule has 0 aromatic rings. The molecular formula is C8H17NO. The van der Waals surface area contributed by atoms with Gasteiger partial charge < -0.3 is 5.73 Å². The largest absolute Gasteiger partial charge is 0.366 e. The first kappa shape index (κ1) is 11.9. The minimum absolute atomic E-state index is 0.398. The van der Waals surface area contributed by atoms with Crippen molar-refractivity contribution in [2.45, 2.75) is 33.6 Å². The molecule has 0 heterocycles. The van der Waals surface area contributed by atoms with Crippen LogP contribution < -0.4 is 5.73 Å². The maximum absolute atomic E-state index is 9.82. The third kappa shape index (κ3) is 15.7. The molecule has 0 bridgehead atoms. The molecular weight excluding hydrogens is 126 g/mol. The van der Waals surface area contributed by atoms with E-state index in [0.717, 1.165) is 0 Å². The number of primary amides is 1. The zero-order valence-corrected chi connectivity index (χ0v) is 7.11. The van der Waals surface area contributed by atoms with Gasteiger partial charge in [-0.15, -0.1) is 0 Å². The lowest BCUT2D eigenvalue weighted by molar-refractivity contribution is -0.114. The van der Waals surface area contributed by atoms with Crippen LogP contribution in [0.5, 0.6) is 0 Å². The molecule has 2 nitrogen and oxygen atoms in total. The fraction of sp³-hybridized carbons (Fsp3) is 0.625. The SMILES string of the molecule is C=C(C)C(N)=O.CCCC. The third-order valence-electron chi connectivity index (χ3n) is 0.921. The van der Waals surface area contributed by atoms with Crippen LogP contribution in [0.1, 0.15) is 33.6 Å². The van der Waals surface area contributed by atoms with Gasteiger partial charge in [-0.3, -0.25) is 4.79 Å². The van der Waals surface area contributed by atoms with Crippen LogP contribution in [0.3, 0.4) is 0 Å². The maximum Gasteiger partial charge on any atom is 0.243 e. The molecule has 0 aromatic heterocycles. The van der Waals surface area contributed by atoms with Crippen molar-refractivity contribution in [3.8, 4) is 0 Å².